The molecule has 1 fully saturated rings. The molecule has 33 heavy (non-hydrogen) atoms. The fraction of sp³-hybridized carbons (Fsp3) is 0.308. The SMILES string of the molecule is COc1cccc([C@H](C(=O)NC2CCCC2)N(C(=O)Cc2cccs2)c2ccc(F)cc2)c1. The molecule has 4 rings (SSSR count). The van der Waals surface area contributed by atoms with Gasteiger partial charge in [0.2, 0.25) is 11.8 Å². The van der Waals surface area contributed by atoms with Gasteiger partial charge in [0.25, 0.3) is 0 Å². The van der Waals surface area contributed by atoms with Gasteiger partial charge >= 0.3 is 0 Å². The summed E-state index contributed by atoms with van der Waals surface area (Å²) in [6.45, 7) is 0. The molecule has 2 amide bonds. The Balaban J connectivity index is 1.77. The minimum absolute atomic E-state index is 0.0908. The first kappa shape index (κ1) is 23.0. The number of methoxy groups -OCH3 is 1. The molecular formula is C26H27FN2O3S. The Morgan fingerprint density at radius 1 is 1.12 bits per heavy atom. The Morgan fingerprint density at radius 3 is 2.55 bits per heavy atom. The van der Waals surface area contributed by atoms with E-state index in [-0.39, 0.29) is 24.3 Å². The smallest absolute Gasteiger partial charge is 0.248 e. The normalized spacial score (nSPS) is 14.6. The van der Waals surface area contributed by atoms with E-state index in [1.807, 2.05) is 23.6 Å². The molecular weight excluding hydrogens is 439 g/mol. The average molecular weight is 467 g/mol. The number of carbonyl (C=O) groups excluding carboxylic acids is 2. The highest BCUT2D eigenvalue weighted by Crippen LogP contribution is 2.32. The monoisotopic (exact) mass is 466 g/mol. The number of nitrogens with zero attached hydrogens (tertiary/aromatic N) is 1. The zero-order valence-electron chi connectivity index (χ0n) is 18.5. The molecule has 1 aliphatic rings. The highest BCUT2D eigenvalue weighted by Gasteiger charge is 2.34. The zero-order valence-corrected chi connectivity index (χ0v) is 19.3. The minimum atomic E-state index is -0.918. The molecule has 5 nitrogen and oxygen atoms in total. The fourth-order valence-corrected chi connectivity index (χ4v) is 4.96. The number of carbonyl (C=O) groups is 2. The molecule has 1 atom stereocenters. The lowest BCUT2D eigenvalue weighted by Gasteiger charge is -2.32. The van der Waals surface area contributed by atoms with Crippen molar-refractivity contribution in [3.05, 3.63) is 82.3 Å². The largest absolute Gasteiger partial charge is 0.497 e. The molecule has 7 heteroatoms. The third-order valence-electron chi connectivity index (χ3n) is 5.90. The van der Waals surface area contributed by atoms with Crippen LogP contribution in [0.4, 0.5) is 10.1 Å². The molecule has 1 heterocycles. The topological polar surface area (TPSA) is 58.6 Å². The van der Waals surface area contributed by atoms with Crippen molar-refractivity contribution in [3.63, 3.8) is 0 Å². The van der Waals surface area contributed by atoms with Gasteiger partial charge in [-0.15, -0.1) is 11.3 Å². The lowest BCUT2D eigenvalue weighted by molar-refractivity contribution is -0.127. The van der Waals surface area contributed by atoms with Gasteiger partial charge in [0.15, 0.2) is 0 Å². The molecule has 3 aromatic rings. The number of anilines is 1. The van der Waals surface area contributed by atoms with Crippen molar-refractivity contribution in [2.75, 3.05) is 12.0 Å². The summed E-state index contributed by atoms with van der Waals surface area (Å²) in [7, 11) is 1.56. The van der Waals surface area contributed by atoms with Crippen molar-refractivity contribution in [2.24, 2.45) is 0 Å². The number of rotatable bonds is 8. The van der Waals surface area contributed by atoms with E-state index in [2.05, 4.69) is 5.32 Å². The van der Waals surface area contributed by atoms with E-state index in [4.69, 9.17) is 4.74 Å². The van der Waals surface area contributed by atoms with E-state index in [0.717, 1.165) is 30.6 Å². The molecule has 1 saturated carbocycles. The molecule has 2 aromatic carbocycles. The Bertz CT molecular complexity index is 1080. The van der Waals surface area contributed by atoms with Crippen LogP contribution in [-0.4, -0.2) is 25.0 Å². The summed E-state index contributed by atoms with van der Waals surface area (Å²) >= 11 is 1.49. The maximum atomic E-state index is 13.7. The zero-order chi connectivity index (χ0) is 23.2. The summed E-state index contributed by atoms with van der Waals surface area (Å²) in [6.07, 6.45) is 4.15. The minimum Gasteiger partial charge on any atom is -0.497 e. The molecule has 0 radical (unpaired) electrons. The number of hydrogen-bond acceptors (Lipinski definition) is 4. The molecule has 0 aliphatic heterocycles. The molecule has 0 bridgehead atoms. The molecule has 0 unspecified atom stereocenters. The van der Waals surface area contributed by atoms with Gasteiger partial charge in [-0.2, -0.15) is 0 Å². The summed E-state index contributed by atoms with van der Waals surface area (Å²) in [5.74, 6) is -0.300. The van der Waals surface area contributed by atoms with Gasteiger partial charge in [-0.3, -0.25) is 14.5 Å². The Morgan fingerprint density at radius 2 is 1.88 bits per heavy atom. The van der Waals surface area contributed by atoms with Crippen LogP contribution in [0.25, 0.3) is 0 Å². The van der Waals surface area contributed by atoms with E-state index in [1.54, 1.807) is 25.3 Å². The number of ether oxygens (including phenoxy) is 1. The van der Waals surface area contributed by atoms with Gasteiger partial charge in [-0.25, -0.2) is 4.39 Å². The van der Waals surface area contributed by atoms with Crippen LogP contribution in [0.1, 0.15) is 42.2 Å². The average Bonchev–Trinajstić information content (AvgIpc) is 3.52. The molecule has 1 N–H and O–H groups in total. The number of nitrogens with one attached hydrogen (secondary N) is 1. The summed E-state index contributed by atoms with van der Waals surface area (Å²) < 4.78 is 19.1. The standard InChI is InChI=1S/C26H27FN2O3S/c1-32-22-9-4-6-18(16-22)25(26(31)28-20-7-2-3-8-20)29(21-13-11-19(27)12-14-21)24(30)17-23-10-5-15-33-23/h4-6,9-16,20,25H,2-3,7-8,17H2,1H3,(H,28,31)/t25-/m1/s1. The number of halogens is 1. The van der Waals surface area contributed by atoms with Crippen LogP contribution in [0, 0.1) is 5.82 Å². The van der Waals surface area contributed by atoms with Crippen molar-refractivity contribution >= 4 is 28.8 Å². The third-order valence-corrected chi connectivity index (χ3v) is 6.77. The fourth-order valence-electron chi connectivity index (χ4n) is 4.27. The van der Waals surface area contributed by atoms with Crippen LogP contribution < -0.4 is 15.0 Å². The summed E-state index contributed by atoms with van der Waals surface area (Å²) in [5, 5.41) is 5.06. The van der Waals surface area contributed by atoms with Crippen molar-refractivity contribution in [3.8, 4) is 5.75 Å². The first-order chi connectivity index (χ1) is 16.0. The third kappa shape index (κ3) is 5.60. The van der Waals surface area contributed by atoms with Gasteiger partial charge in [-0.05, 0) is 66.2 Å². The van der Waals surface area contributed by atoms with E-state index in [9.17, 15) is 14.0 Å². The van der Waals surface area contributed by atoms with E-state index in [0.29, 0.717) is 17.0 Å². The van der Waals surface area contributed by atoms with E-state index in [1.165, 1.54) is 40.5 Å². The molecule has 1 aliphatic carbocycles. The maximum Gasteiger partial charge on any atom is 0.248 e. The highest BCUT2D eigenvalue weighted by atomic mass is 32.1. The van der Waals surface area contributed by atoms with Gasteiger partial charge in [0, 0.05) is 16.6 Å². The maximum absolute atomic E-state index is 13.7. The second-order valence-electron chi connectivity index (χ2n) is 8.17. The van der Waals surface area contributed by atoms with Crippen molar-refractivity contribution in [2.45, 2.75) is 44.2 Å². The van der Waals surface area contributed by atoms with Crippen LogP contribution in [0.2, 0.25) is 0 Å². The second kappa shape index (κ2) is 10.6. The van der Waals surface area contributed by atoms with Crippen molar-refractivity contribution in [1.82, 2.24) is 5.32 Å². The number of hydrogen-bond donors (Lipinski definition) is 1. The predicted octanol–water partition coefficient (Wildman–Crippen LogP) is 5.27. The second-order valence-corrected chi connectivity index (χ2v) is 9.20. The lowest BCUT2D eigenvalue weighted by atomic mass is 10.0. The van der Waals surface area contributed by atoms with Crippen molar-refractivity contribution < 1.29 is 18.7 Å². The quantitative estimate of drug-likeness (QED) is 0.492. The summed E-state index contributed by atoms with van der Waals surface area (Å²) in [6, 6.07) is 15.8. The van der Waals surface area contributed by atoms with Gasteiger partial charge in [-0.1, -0.05) is 31.0 Å². The van der Waals surface area contributed by atoms with Crippen LogP contribution in [-0.2, 0) is 16.0 Å². The summed E-state index contributed by atoms with van der Waals surface area (Å²) in [4.78, 5) is 29.7. The van der Waals surface area contributed by atoms with Gasteiger partial charge in [0.1, 0.15) is 17.6 Å². The first-order valence-corrected chi connectivity index (χ1v) is 12.0. The Hall–Kier alpha value is -3.19. The van der Waals surface area contributed by atoms with Gasteiger partial charge < -0.3 is 10.1 Å². The molecule has 172 valence electrons. The number of thiophene rings is 1. The van der Waals surface area contributed by atoms with E-state index >= 15 is 0 Å². The van der Waals surface area contributed by atoms with Crippen LogP contribution in [0.5, 0.6) is 5.75 Å². The van der Waals surface area contributed by atoms with Crippen LogP contribution in [0.15, 0.2) is 66.0 Å². The predicted molar refractivity (Wildman–Crippen MR) is 128 cm³/mol. The van der Waals surface area contributed by atoms with Crippen molar-refractivity contribution in [1.29, 1.82) is 0 Å². The first-order valence-electron chi connectivity index (χ1n) is 11.1. The Labute approximate surface area is 197 Å². The Kier molecular flexibility index (Phi) is 7.40. The molecule has 0 saturated heterocycles. The van der Waals surface area contributed by atoms with E-state index < -0.39 is 11.9 Å². The molecule has 1 aromatic heterocycles. The number of benzene rings is 2. The van der Waals surface area contributed by atoms with Crippen LogP contribution in [0.3, 0.4) is 0 Å². The number of amides is 2. The molecule has 0 spiro atoms. The lowest BCUT2D eigenvalue weighted by Crippen LogP contribution is -2.46. The summed E-state index contributed by atoms with van der Waals surface area (Å²) in [5.41, 5.74) is 1.10. The van der Waals surface area contributed by atoms with Crippen LogP contribution >= 0.6 is 11.3 Å². The highest BCUT2D eigenvalue weighted by molar-refractivity contribution is 7.10. The van der Waals surface area contributed by atoms with Gasteiger partial charge in [0.05, 0.1) is 13.5 Å².